The Balaban J connectivity index is 2.14. The van der Waals surface area contributed by atoms with Gasteiger partial charge in [0.05, 0.1) is 4.47 Å². The molecule has 1 saturated heterocycles. The molecular weight excluding hydrogens is 361 g/mol. The Kier molecular flexibility index (Phi) is 5.24. The van der Waals surface area contributed by atoms with Crippen molar-refractivity contribution in [2.75, 3.05) is 25.4 Å². The zero-order valence-electron chi connectivity index (χ0n) is 11.8. The molecule has 1 heterocycles. The number of hydrogen-bond acceptors (Lipinski definition) is 4. The first-order valence-corrected chi connectivity index (χ1v) is 9.06. The maximum atomic E-state index is 14.0. The molecule has 0 bridgehead atoms. The fourth-order valence-electron chi connectivity index (χ4n) is 2.50. The molecule has 0 aromatic heterocycles. The van der Waals surface area contributed by atoms with E-state index < -0.39 is 20.7 Å². The molecule has 8 heteroatoms. The van der Waals surface area contributed by atoms with Gasteiger partial charge in [0, 0.05) is 18.3 Å². The summed E-state index contributed by atoms with van der Waals surface area (Å²) in [6.45, 7) is 4.34. The molecule has 1 aromatic rings. The van der Waals surface area contributed by atoms with Crippen molar-refractivity contribution in [1.82, 2.24) is 9.62 Å². The first-order chi connectivity index (χ1) is 9.79. The van der Waals surface area contributed by atoms with E-state index in [2.05, 4.69) is 25.6 Å². The summed E-state index contributed by atoms with van der Waals surface area (Å²) in [7, 11) is -3.94. The van der Waals surface area contributed by atoms with Crippen molar-refractivity contribution in [3.63, 3.8) is 0 Å². The number of anilines is 1. The topological polar surface area (TPSA) is 75.4 Å². The van der Waals surface area contributed by atoms with Crippen molar-refractivity contribution in [3.8, 4) is 0 Å². The largest absolute Gasteiger partial charge is 0.399 e. The molecule has 1 aliphatic rings. The third kappa shape index (κ3) is 4.15. The number of sulfonamides is 1. The summed E-state index contributed by atoms with van der Waals surface area (Å²) in [6, 6.07) is 2.17. The zero-order valence-corrected chi connectivity index (χ0v) is 14.2. The van der Waals surface area contributed by atoms with Crippen molar-refractivity contribution in [1.29, 1.82) is 0 Å². The molecule has 0 aliphatic carbocycles. The zero-order chi connectivity index (χ0) is 15.6. The monoisotopic (exact) mass is 379 g/mol. The average molecular weight is 380 g/mol. The lowest BCUT2D eigenvalue weighted by Crippen LogP contribution is -2.41. The summed E-state index contributed by atoms with van der Waals surface area (Å²) >= 11 is 2.97. The lowest BCUT2D eigenvalue weighted by molar-refractivity contribution is 0.312. The molecule has 21 heavy (non-hydrogen) atoms. The normalized spacial score (nSPS) is 18.0. The van der Waals surface area contributed by atoms with Crippen LogP contribution in [0.4, 0.5) is 10.1 Å². The van der Waals surface area contributed by atoms with Crippen LogP contribution in [0.2, 0.25) is 0 Å². The summed E-state index contributed by atoms with van der Waals surface area (Å²) in [6.07, 6.45) is 2.27. The molecule has 3 N–H and O–H groups in total. The highest BCUT2D eigenvalue weighted by atomic mass is 79.9. The van der Waals surface area contributed by atoms with E-state index in [-0.39, 0.29) is 16.2 Å². The number of rotatable bonds is 5. The number of benzene rings is 1. The quantitative estimate of drug-likeness (QED) is 0.766. The number of nitrogen functional groups attached to an aromatic ring is 1. The minimum Gasteiger partial charge on any atom is -0.399 e. The van der Waals surface area contributed by atoms with Gasteiger partial charge in [0.2, 0.25) is 10.0 Å². The van der Waals surface area contributed by atoms with Crippen molar-refractivity contribution in [3.05, 3.63) is 22.4 Å². The molecule has 1 aromatic carbocycles. The lowest BCUT2D eigenvalue weighted by Gasteiger charge is -2.21. The molecule has 1 fully saturated rings. The highest BCUT2D eigenvalue weighted by Gasteiger charge is 2.25. The Morgan fingerprint density at radius 3 is 2.67 bits per heavy atom. The Hall–Kier alpha value is -0.700. The minimum absolute atomic E-state index is 0.0371. The minimum atomic E-state index is -3.94. The Morgan fingerprint density at radius 2 is 2.05 bits per heavy atom. The molecule has 1 unspecified atom stereocenters. The van der Waals surface area contributed by atoms with E-state index in [0.29, 0.717) is 6.54 Å². The van der Waals surface area contributed by atoms with Crippen LogP contribution in [-0.2, 0) is 10.0 Å². The van der Waals surface area contributed by atoms with Gasteiger partial charge in [0.15, 0.2) is 5.82 Å². The van der Waals surface area contributed by atoms with Gasteiger partial charge in [-0.3, -0.25) is 0 Å². The van der Waals surface area contributed by atoms with Crippen molar-refractivity contribution in [2.24, 2.45) is 0 Å². The van der Waals surface area contributed by atoms with Crippen LogP contribution in [0.1, 0.15) is 19.8 Å². The van der Waals surface area contributed by atoms with Crippen LogP contribution in [0.15, 0.2) is 21.5 Å². The van der Waals surface area contributed by atoms with Crippen molar-refractivity contribution >= 4 is 31.6 Å². The van der Waals surface area contributed by atoms with Crippen molar-refractivity contribution < 1.29 is 12.8 Å². The molecule has 118 valence electrons. The summed E-state index contributed by atoms with van der Waals surface area (Å²) in [5, 5.41) is 0. The van der Waals surface area contributed by atoms with Gasteiger partial charge >= 0.3 is 0 Å². The highest BCUT2D eigenvalue weighted by molar-refractivity contribution is 9.10. The fraction of sp³-hybridized carbons (Fsp3) is 0.538. The van der Waals surface area contributed by atoms with Gasteiger partial charge in [0.25, 0.3) is 0 Å². The molecular formula is C13H19BrFN3O2S. The van der Waals surface area contributed by atoms with E-state index in [1.807, 2.05) is 0 Å². The van der Waals surface area contributed by atoms with Crippen LogP contribution in [0, 0.1) is 5.82 Å². The number of nitrogens with two attached hydrogens (primary N) is 1. The third-order valence-electron chi connectivity index (χ3n) is 3.39. The lowest BCUT2D eigenvalue weighted by atomic mass is 10.3. The number of nitrogens with one attached hydrogen (secondary N) is 1. The van der Waals surface area contributed by atoms with Gasteiger partial charge in [-0.15, -0.1) is 0 Å². The van der Waals surface area contributed by atoms with Crippen LogP contribution in [0.3, 0.4) is 0 Å². The third-order valence-corrected chi connectivity index (χ3v) is 5.56. The Labute approximate surface area is 132 Å². The average Bonchev–Trinajstić information content (AvgIpc) is 2.85. The molecule has 0 amide bonds. The number of likely N-dealkylation sites (tertiary alicyclic amines) is 1. The summed E-state index contributed by atoms with van der Waals surface area (Å²) in [4.78, 5) is 1.77. The number of halogens is 2. The first kappa shape index (κ1) is 16.7. The standard InChI is InChI=1S/C13H19BrFN3O2S/c1-9(8-18-4-2-3-5-18)17-21(19,20)12-7-10(16)6-11(14)13(12)15/h6-7,9,17H,2-5,8,16H2,1H3. The molecule has 0 spiro atoms. The summed E-state index contributed by atoms with van der Waals surface area (Å²) < 4.78 is 41.1. The second-order valence-electron chi connectivity index (χ2n) is 5.34. The van der Waals surface area contributed by atoms with Crippen molar-refractivity contribution in [2.45, 2.75) is 30.7 Å². The van der Waals surface area contributed by atoms with Crippen LogP contribution >= 0.6 is 15.9 Å². The van der Waals surface area contributed by atoms with Crippen LogP contribution in [0.5, 0.6) is 0 Å². The maximum Gasteiger partial charge on any atom is 0.243 e. The van der Waals surface area contributed by atoms with E-state index in [0.717, 1.165) is 32.0 Å². The van der Waals surface area contributed by atoms with E-state index in [1.165, 1.54) is 6.07 Å². The predicted octanol–water partition coefficient (Wildman–Crippen LogP) is 1.93. The smallest absolute Gasteiger partial charge is 0.243 e. The first-order valence-electron chi connectivity index (χ1n) is 6.79. The second kappa shape index (κ2) is 6.60. The van der Waals surface area contributed by atoms with Gasteiger partial charge in [0.1, 0.15) is 4.90 Å². The van der Waals surface area contributed by atoms with Gasteiger partial charge < -0.3 is 10.6 Å². The summed E-state index contributed by atoms with van der Waals surface area (Å²) in [5.74, 6) is -0.829. The van der Waals surface area contributed by atoms with Gasteiger partial charge in [-0.1, -0.05) is 0 Å². The van der Waals surface area contributed by atoms with E-state index in [4.69, 9.17) is 5.73 Å². The van der Waals surface area contributed by atoms with E-state index in [9.17, 15) is 12.8 Å². The predicted molar refractivity (Wildman–Crippen MR) is 84.0 cm³/mol. The summed E-state index contributed by atoms with van der Waals surface area (Å²) in [5.41, 5.74) is 5.78. The van der Waals surface area contributed by atoms with E-state index >= 15 is 0 Å². The molecule has 5 nitrogen and oxygen atoms in total. The molecule has 0 radical (unpaired) electrons. The maximum absolute atomic E-state index is 14.0. The Morgan fingerprint density at radius 1 is 1.43 bits per heavy atom. The van der Waals surface area contributed by atoms with Crippen LogP contribution in [-0.4, -0.2) is 39.0 Å². The number of nitrogens with zero attached hydrogens (tertiary/aromatic N) is 1. The number of hydrogen-bond donors (Lipinski definition) is 2. The highest BCUT2D eigenvalue weighted by Crippen LogP contribution is 2.26. The van der Waals surface area contributed by atoms with E-state index in [1.54, 1.807) is 6.92 Å². The second-order valence-corrected chi connectivity index (χ2v) is 7.88. The van der Waals surface area contributed by atoms with Gasteiger partial charge in [-0.25, -0.2) is 17.5 Å². The Bertz CT molecular complexity index is 618. The van der Waals surface area contributed by atoms with Crippen LogP contribution in [0.25, 0.3) is 0 Å². The fourth-order valence-corrected chi connectivity index (χ4v) is 4.47. The SMILES string of the molecule is CC(CN1CCCC1)NS(=O)(=O)c1cc(N)cc(Br)c1F. The van der Waals surface area contributed by atoms with Gasteiger partial charge in [-0.2, -0.15) is 0 Å². The van der Waals surface area contributed by atoms with Gasteiger partial charge in [-0.05, 0) is 60.9 Å². The molecule has 1 atom stereocenters. The molecule has 2 rings (SSSR count). The molecule has 1 aliphatic heterocycles. The molecule has 0 saturated carbocycles. The van der Waals surface area contributed by atoms with Crippen LogP contribution < -0.4 is 10.5 Å².